The molecule has 1 heterocycles. The molecule has 0 unspecified atom stereocenters. The van der Waals surface area contributed by atoms with Gasteiger partial charge in [-0.25, -0.2) is 12.7 Å². The smallest absolute Gasteiger partial charge is 0.227 e. The van der Waals surface area contributed by atoms with Crippen molar-refractivity contribution in [2.45, 2.75) is 39.4 Å². The van der Waals surface area contributed by atoms with Crippen LogP contribution in [0, 0.1) is 26.7 Å². The first-order chi connectivity index (χ1) is 13.3. The van der Waals surface area contributed by atoms with E-state index in [1.165, 1.54) is 4.31 Å². The second kappa shape index (κ2) is 8.45. The van der Waals surface area contributed by atoms with E-state index in [4.69, 9.17) is 0 Å². The molecule has 6 heteroatoms. The Balaban J connectivity index is 1.59. The average Bonchev–Trinajstić information content (AvgIpc) is 2.65. The van der Waals surface area contributed by atoms with E-state index in [0.29, 0.717) is 25.9 Å². The van der Waals surface area contributed by atoms with Crippen LogP contribution in [0.5, 0.6) is 0 Å². The maximum atomic E-state index is 12.7. The Bertz CT molecular complexity index is 961. The lowest BCUT2D eigenvalue weighted by molar-refractivity contribution is -0.120. The fourth-order valence-electron chi connectivity index (χ4n) is 3.62. The molecule has 0 radical (unpaired) electrons. The Labute approximate surface area is 167 Å². The number of carbonyl (C=O) groups excluding carboxylic acids is 1. The molecule has 5 nitrogen and oxygen atoms in total. The van der Waals surface area contributed by atoms with Crippen LogP contribution in [0.3, 0.4) is 0 Å². The van der Waals surface area contributed by atoms with Crippen LogP contribution in [0.25, 0.3) is 0 Å². The van der Waals surface area contributed by atoms with Gasteiger partial charge in [0.2, 0.25) is 15.9 Å². The lowest BCUT2D eigenvalue weighted by Crippen LogP contribution is -2.41. The van der Waals surface area contributed by atoms with Crippen molar-refractivity contribution in [3.63, 3.8) is 0 Å². The summed E-state index contributed by atoms with van der Waals surface area (Å²) in [5.74, 6) is -0.177. The first-order valence-electron chi connectivity index (χ1n) is 9.67. The molecule has 3 rings (SSSR count). The second-order valence-electron chi connectivity index (χ2n) is 7.66. The van der Waals surface area contributed by atoms with E-state index in [9.17, 15) is 13.2 Å². The number of nitrogens with one attached hydrogen (secondary N) is 1. The Morgan fingerprint density at radius 1 is 1.07 bits per heavy atom. The number of nitrogens with zero attached hydrogens (tertiary/aromatic N) is 1. The van der Waals surface area contributed by atoms with Gasteiger partial charge in [-0.05, 0) is 56.4 Å². The van der Waals surface area contributed by atoms with Crippen LogP contribution in [0.2, 0.25) is 0 Å². The molecule has 0 aliphatic carbocycles. The van der Waals surface area contributed by atoms with Gasteiger partial charge >= 0.3 is 0 Å². The molecule has 1 saturated heterocycles. The molecule has 0 saturated carbocycles. The number of amides is 1. The SMILES string of the molecule is Cc1cccc(CS(=O)(=O)N2CCC(C(=O)Nc3cccc(C)c3C)CC2)c1. The van der Waals surface area contributed by atoms with Gasteiger partial charge in [-0.15, -0.1) is 0 Å². The van der Waals surface area contributed by atoms with Crippen molar-refractivity contribution in [3.05, 3.63) is 64.7 Å². The monoisotopic (exact) mass is 400 g/mol. The summed E-state index contributed by atoms with van der Waals surface area (Å²) in [5, 5.41) is 3.01. The highest BCUT2D eigenvalue weighted by Crippen LogP contribution is 2.25. The lowest BCUT2D eigenvalue weighted by Gasteiger charge is -2.30. The van der Waals surface area contributed by atoms with Crippen molar-refractivity contribution in [2.24, 2.45) is 5.92 Å². The highest BCUT2D eigenvalue weighted by Gasteiger charge is 2.31. The van der Waals surface area contributed by atoms with Crippen molar-refractivity contribution in [1.29, 1.82) is 0 Å². The van der Waals surface area contributed by atoms with Crippen molar-refractivity contribution >= 4 is 21.6 Å². The molecule has 2 aromatic carbocycles. The van der Waals surface area contributed by atoms with Crippen molar-refractivity contribution in [3.8, 4) is 0 Å². The number of hydrogen-bond acceptors (Lipinski definition) is 3. The zero-order valence-electron chi connectivity index (χ0n) is 16.7. The normalized spacial score (nSPS) is 16.1. The Hall–Kier alpha value is -2.18. The first-order valence-corrected chi connectivity index (χ1v) is 11.3. The molecule has 0 aromatic heterocycles. The van der Waals surface area contributed by atoms with Gasteiger partial charge in [-0.3, -0.25) is 4.79 Å². The highest BCUT2D eigenvalue weighted by atomic mass is 32.2. The summed E-state index contributed by atoms with van der Waals surface area (Å²) in [6.45, 7) is 6.74. The van der Waals surface area contributed by atoms with Crippen molar-refractivity contribution in [2.75, 3.05) is 18.4 Å². The summed E-state index contributed by atoms with van der Waals surface area (Å²) in [5.41, 5.74) is 4.88. The molecule has 2 aromatic rings. The van der Waals surface area contributed by atoms with E-state index < -0.39 is 10.0 Å². The van der Waals surface area contributed by atoms with Gasteiger partial charge in [-0.2, -0.15) is 0 Å². The van der Waals surface area contributed by atoms with E-state index in [-0.39, 0.29) is 17.6 Å². The van der Waals surface area contributed by atoms with E-state index in [2.05, 4.69) is 5.32 Å². The van der Waals surface area contributed by atoms with Crippen molar-refractivity contribution < 1.29 is 13.2 Å². The summed E-state index contributed by atoms with van der Waals surface area (Å²) in [7, 11) is -3.37. The molecule has 0 bridgehead atoms. The predicted octanol–water partition coefficient (Wildman–Crippen LogP) is 3.79. The minimum atomic E-state index is -3.37. The first kappa shape index (κ1) is 20.6. The largest absolute Gasteiger partial charge is 0.326 e. The molecule has 0 atom stereocenters. The van der Waals surface area contributed by atoms with E-state index >= 15 is 0 Å². The van der Waals surface area contributed by atoms with Crippen LogP contribution < -0.4 is 5.32 Å². The van der Waals surface area contributed by atoms with Gasteiger partial charge in [0.15, 0.2) is 0 Å². The van der Waals surface area contributed by atoms with Gasteiger partial charge in [0.1, 0.15) is 0 Å². The molecule has 0 spiro atoms. The van der Waals surface area contributed by atoms with Crippen molar-refractivity contribution in [1.82, 2.24) is 4.31 Å². The third kappa shape index (κ3) is 4.80. The van der Waals surface area contributed by atoms with Crippen LogP contribution in [0.4, 0.5) is 5.69 Å². The zero-order chi connectivity index (χ0) is 20.3. The Morgan fingerprint density at radius 3 is 2.43 bits per heavy atom. The summed E-state index contributed by atoms with van der Waals surface area (Å²) in [6.07, 6.45) is 1.09. The number of rotatable bonds is 5. The maximum Gasteiger partial charge on any atom is 0.227 e. The van der Waals surface area contributed by atoms with E-state index in [1.54, 1.807) is 0 Å². The number of anilines is 1. The molecule has 1 N–H and O–H groups in total. The molecule has 1 aliphatic heterocycles. The number of hydrogen-bond donors (Lipinski definition) is 1. The molecule has 1 aliphatic rings. The van der Waals surface area contributed by atoms with Gasteiger partial charge in [0, 0.05) is 24.7 Å². The number of benzene rings is 2. The van der Waals surface area contributed by atoms with Crippen LogP contribution in [-0.2, 0) is 20.6 Å². The fraction of sp³-hybridized carbons (Fsp3) is 0.409. The third-order valence-electron chi connectivity index (χ3n) is 5.51. The number of piperidine rings is 1. The highest BCUT2D eigenvalue weighted by molar-refractivity contribution is 7.88. The topological polar surface area (TPSA) is 66.5 Å². The minimum absolute atomic E-state index is 0.00797. The number of aryl methyl sites for hydroxylation is 2. The van der Waals surface area contributed by atoms with Gasteiger partial charge < -0.3 is 5.32 Å². The van der Waals surface area contributed by atoms with Gasteiger partial charge in [0.25, 0.3) is 0 Å². The van der Waals surface area contributed by atoms with Crippen LogP contribution in [0.15, 0.2) is 42.5 Å². The summed E-state index contributed by atoms with van der Waals surface area (Å²) >= 11 is 0. The fourth-order valence-corrected chi connectivity index (χ4v) is 5.17. The number of carbonyl (C=O) groups is 1. The standard InChI is InChI=1S/C22H28N2O3S/c1-16-6-4-8-19(14-16)15-28(26,27)24-12-10-20(11-13-24)22(25)23-21-9-5-7-17(2)18(21)3/h4-9,14,20H,10-13,15H2,1-3H3,(H,23,25). The number of sulfonamides is 1. The molecular weight excluding hydrogens is 372 g/mol. The van der Waals surface area contributed by atoms with Crippen LogP contribution in [-0.4, -0.2) is 31.7 Å². The zero-order valence-corrected chi connectivity index (χ0v) is 17.6. The molecule has 1 fully saturated rings. The summed E-state index contributed by atoms with van der Waals surface area (Å²) in [6, 6.07) is 13.4. The molecule has 150 valence electrons. The summed E-state index contributed by atoms with van der Waals surface area (Å²) in [4.78, 5) is 12.6. The Kier molecular flexibility index (Phi) is 6.20. The minimum Gasteiger partial charge on any atom is -0.326 e. The Morgan fingerprint density at radius 2 is 1.75 bits per heavy atom. The average molecular weight is 401 g/mol. The molecule has 1 amide bonds. The van der Waals surface area contributed by atoms with Crippen LogP contribution in [0.1, 0.15) is 35.1 Å². The van der Waals surface area contributed by atoms with Gasteiger partial charge in [-0.1, -0.05) is 42.0 Å². The predicted molar refractivity (Wildman–Crippen MR) is 113 cm³/mol. The molecular formula is C22H28N2O3S. The van der Waals surface area contributed by atoms with Gasteiger partial charge in [0.05, 0.1) is 5.75 Å². The maximum absolute atomic E-state index is 12.7. The quantitative estimate of drug-likeness (QED) is 0.830. The molecule has 28 heavy (non-hydrogen) atoms. The van der Waals surface area contributed by atoms with E-state index in [1.807, 2.05) is 63.2 Å². The second-order valence-corrected chi connectivity index (χ2v) is 9.62. The summed E-state index contributed by atoms with van der Waals surface area (Å²) < 4.78 is 27.0. The van der Waals surface area contributed by atoms with Crippen LogP contribution >= 0.6 is 0 Å². The third-order valence-corrected chi connectivity index (χ3v) is 7.36. The lowest BCUT2D eigenvalue weighted by atomic mass is 9.97. The van der Waals surface area contributed by atoms with E-state index in [0.717, 1.165) is 27.9 Å².